The molecule has 0 spiro atoms. The zero-order valence-electron chi connectivity index (χ0n) is 17.4. The molecule has 4 fully saturated rings. The monoisotopic (exact) mass is 452 g/mol. The molecule has 0 aromatic heterocycles. The number of carbonyl (C=O) groups is 2. The van der Waals surface area contributed by atoms with Crippen LogP contribution in [-0.4, -0.2) is 25.6 Å². The van der Waals surface area contributed by atoms with E-state index < -0.39 is 21.0 Å². The molecule has 0 saturated heterocycles. The molecule has 0 heterocycles. The smallest absolute Gasteiger partial charge is 0.242 e. The Bertz CT molecular complexity index is 990. The number of benzene rings is 1. The van der Waals surface area contributed by atoms with Crippen LogP contribution in [0.1, 0.15) is 58.8 Å². The number of primary amides is 1. The van der Waals surface area contributed by atoms with Crippen LogP contribution in [0.4, 0.5) is 0 Å². The quantitative estimate of drug-likeness (QED) is 0.660. The molecule has 1 aromatic rings. The molecule has 6 nitrogen and oxygen atoms in total. The first kappa shape index (κ1) is 21.8. The van der Waals surface area contributed by atoms with Gasteiger partial charge in [0.1, 0.15) is 4.90 Å². The summed E-state index contributed by atoms with van der Waals surface area (Å²) in [4.78, 5) is 25.6. The summed E-state index contributed by atoms with van der Waals surface area (Å²) in [6.07, 6.45) is 5.49. The number of hydrogen-bond acceptors (Lipinski definition) is 4. The van der Waals surface area contributed by atoms with Crippen molar-refractivity contribution in [3.63, 3.8) is 0 Å². The summed E-state index contributed by atoms with van der Waals surface area (Å²) in [6.45, 7) is 3.18. The van der Waals surface area contributed by atoms with Gasteiger partial charge >= 0.3 is 0 Å². The van der Waals surface area contributed by atoms with E-state index in [1.807, 2.05) is 0 Å². The third-order valence-electron chi connectivity index (χ3n) is 7.45. The maximum atomic E-state index is 13.3. The Morgan fingerprint density at radius 1 is 1.17 bits per heavy atom. The fourth-order valence-electron chi connectivity index (χ4n) is 6.62. The molecule has 1 aromatic carbocycles. The lowest BCUT2D eigenvalue weighted by molar-refractivity contribution is -0.158. The average Bonchev–Trinajstić information content (AvgIpc) is 2.59. The third kappa shape index (κ3) is 3.69. The van der Waals surface area contributed by atoms with Gasteiger partial charge in [0.2, 0.25) is 15.9 Å². The molecule has 4 aliphatic carbocycles. The van der Waals surface area contributed by atoms with Crippen molar-refractivity contribution < 1.29 is 18.0 Å². The van der Waals surface area contributed by atoms with E-state index in [1.165, 1.54) is 12.1 Å². The van der Waals surface area contributed by atoms with E-state index in [0.717, 1.165) is 32.1 Å². The van der Waals surface area contributed by atoms with Crippen LogP contribution in [0.2, 0.25) is 5.02 Å². The van der Waals surface area contributed by atoms with Crippen molar-refractivity contribution in [1.29, 1.82) is 0 Å². The number of rotatable bonds is 7. The van der Waals surface area contributed by atoms with Gasteiger partial charge in [0.05, 0.1) is 16.0 Å². The molecule has 5 rings (SSSR count). The molecule has 1 amide bonds. The minimum atomic E-state index is -3.96. The van der Waals surface area contributed by atoms with Crippen LogP contribution in [0.3, 0.4) is 0 Å². The van der Waals surface area contributed by atoms with Gasteiger partial charge in [-0.25, -0.2) is 8.42 Å². The fourth-order valence-corrected chi connectivity index (χ4v) is 8.54. The van der Waals surface area contributed by atoms with E-state index in [2.05, 4.69) is 4.72 Å². The highest BCUT2D eigenvalue weighted by Gasteiger charge is 2.60. The molecule has 3 N–H and O–H groups in total. The second kappa shape index (κ2) is 7.04. The Morgan fingerprint density at radius 3 is 2.33 bits per heavy atom. The van der Waals surface area contributed by atoms with Gasteiger partial charge in [-0.1, -0.05) is 23.7 Å². The maximum absolute atomic E-state index is 13.3. The van der Waals surface area contributed by atoms with Crippen molar-refractivity contribution in [3.05, 3.63) is 29.3 Å². The number of Topliss-reactive ketones (excluding diaryl/α,β-unsaturated/α-hetero) is 1. The van der Waals surface area contributed by atoms with Crippen LogP contribution >= 0.6 is 11.6 Å². The molecule has 4 saturated carbocycles. The van der Waals surface area contributed by atoms with E-state index in [4.69, 9.17) is 17.3 Å². The van der Waals surface area contributed by atoms with Crippen LogP contribution < -0.4 is 10.5 Å². The summed E-state index contributed by atoms with van der Waals surface area (Å²) in [5.74, 6) is 0.441. The average molecular weight is 453 g/mol. The molecule has 2 unspecified atom stereocenters. The highest BCUT2D eigenvalue weighted by Crippen LogP contribution is 2.66. The molecular formula is C22H29ClN2O4S. The SMILES string of the molecule is CC(C)(NS(=O)(=O)c1ccccc1Cl)C(=O)CC12CC3CC(C1)CC(C(N)=O)(C3)C2. The van der Waals surface area contributed by atoms with Gasteiger partial charge in [-0.3, -0.25) is 9.59 Å². The van der Waals surface area contributed by atoms with Crippen LogP contribution in [-0.2, 0) is 19.6 Å². The lowest BCUT2D eigenvalue weighted by Crippen LogP contribution is -2.58. The van der Waals surface area contributed by atoms with E-state index in [0.29, 0.717) is 18.3 Å². The Labute approximate surface area is 183 Å². The molecule has 8 heteroatoms. The Hall–Kier alpha value is -1.44. The van der Waals surface area contributed by atoms with Gasteiger partial charge < -0.3 is 5.73 Å². The van der Waals surface area contributed by atoms with Gasteiger partial charge in [0.15, 0.2) is 5.78 Å². The number of amides is 1. The Balaban J connectivity index is 1.55. The lowest BCUT2D eigenvalue weighted by Gasteiger charge is -2.61. The molecule has 0 radical (unpaired) electrons. The first-order valence-electron chi connectivity index (χ1n) is 10.5. The Kier molecular flexibility index (Phi) is 5.11. The topological polar surface area (TPSA) is 106 Å². The van der Waals surface area contributed by atoms with Crippen molar-refractivity contribution >= 4 is 33.3 Å². The summed E-state index contributed by atoms with van der Waals surface area (Å²) in [5.41, 5.74) is 3.76. The molecule has 4 bridgehead atoms. The third-order valence-corrected chi connectivity index (χ3v) is 9.61. The molecule has 4 aliphatic rings. The minimum absolute atomic E-state index is 0.0463. The molecule has 2 atom stereocenters. The molecular weight excluding hydrogens is 424 g/mol. The van der Waals surface area contributed by atoms with Crippen molar-refractivity contribution in [2.45, 2.75) is 69.2 Å². The van der Waals surface area contributed by atoms with Gasteiger partial charge in [-0.15, -0.1) is 0 Å². The molecule has 0 aliphatic heterocycles. The van der Waals surface area contributed by atoms with E-state index in [1.54, 1.807) is 26.0 Å². The molecule has 30 heavy (non-hydrogen) atoms. The first-order valence-corrected chi connectivity index (χ1v) is 12.3. The van der Waals surface area contributed by atoms with Gasteiger partial charge in [-0.05, 0) is 81.8 Å². The van der Waals surface area contributed by atoms with Crippen LogP contribution in [0, 0.1) is 22.7 Å². The lowest BCUT2D eigenvalue weighted by atomic mass is 9.43. The highest BCUT2D eigenvalue weighted by molar-refractivity contribution is 7.89. The predicted octanol–water partition coefficient (Wildman–Crippen LogP) is 3.43. The van der Waals surface area contributed by atoms with Gasteiger partial charge in [0.25, 0.3) is 0 Å². The summed E-state index contributed by atoms with van der Waals surface area (Å²) in [6, 6.07) is 6.16. The van der Waals surface area contributed by atoms with E-state index in [9.17, 15) is 18.0 Å². The second-order valence-corrected chi connectivity index (χ2v) is 12.4. The zero-order chi connectivity index (χ0) is 21.9. The maximum Gasteiger partial charge on any atom is 0.242 e. The minimum Gasteiger partial charge on any atom is -0.369 e. The number of carbonyl (C=O) groups excluding carboxylic acids is 2. The van der Waals surface area contributed by atoms with Crippen molar-refractivity contribution in [1.82, 2.24) is 4.72 Å². The zero-order valence-corrected chi connectivity index (χ0v) is 19.0. The Morgan fingerprint density at radius 2 is 1.77 bits per heavy atom. The number of sulfonamides is 1. The predicted molar refractivity (Wildman–Crippen MR) is 114 cm³/mol. The fraction of sp³-hybridized carbons (Fsp3) is 0.636. The summed E-state index contributed by atoms with van der Waals surface area (Å²) in [5, 5.41) is 0.109. The van der Waals surface area contributed by atoms with Gasteiger partial charge in [-0.2, -0.15) is 4.72 Å². The number of hydrogen-bond donors (Lipinski definition) is 2. The van der Waals surface area contributed by atoms with Crippen molar-refractivity contribution in [2.24, 2.45) is 28.4 Å². The van der Waals surface area contributed by atoms with Crippen molar-refractivity contribution in [2.75, 3.05) is 0 Å². The summed E-state index contributed by atoms with van der Waals surface area (Å²) >= 11 is 6.06. The van der Waals surface area contributed by atoms with Crippen LogP contribution in [0.15, 0.2) is 29.2 Å². The first-order chi connectivity index (χ1) is 13.9. The largest absolute Gasteiger partial charge is 0.369 e. The van der Waals surface area contributed by atoms with E-state index >= 15 is 0 Å². The van der Waals surface area contributed by atoms with Crippen molar-refractivity contribution in [3.8, 4) is 0 Å². The number of ketones is 1. The number of nitrogens with two attached hydrogens (primary N) is 1. The molecule has 164 valence electrons. The van der Waals surface area contributed by atoms with Crippen LogP contribution in [0.25, 0.3) is 0 Å². The number of halogens is 1. The number of nitrogens with one attached hydrogen (secondary N) is 1. The standard InChI is InChI=1S/C22H29ClN2O4S/c1-20(2,25-30(28,29)17-6-4-3-5-16(17)23)18(26)12-21-8-14-7-15(9-21)11-22(10-14,13-21)19(24)27/h3-6,14-15,25H,7-13H2,1-2H3,(H2,24,27). The van der Waals surface area contributed by atoms with Crippen LogP contribution in [0.5, 0.6) is 0 Å². The second-order valence-electron chi connectivity index (χ2n) is 10.4. The van der Waals surface area contributed by atoms with Gasteiger partial charge in [0, 0.05) is 6.42 Å². The summed E-state index contributed by atoms with van der Waals surface area (Å²) in [7, 11) is -3.96. The normalized spacial score (nSPS) is 32.9. The van der Waals surface area contributed by atoms with E-state index in [-0.39, 0.29) is 33.4 Å². The summed E-state index contributed by atoms with van der Waals surface area (Å²) < 4.78 is 28.3. The highest BCUT2D eigenvalue weighted by atomic mass is 35.5.